The Labute approximate surface area is 86.9 Å². The molecule has 0 saturated carbocycles. The molecular weight excluding hydrogens is 226 g/mol. The Bertz CT molecular complexity index is 550. The van der Waals surface area contributed by atoms with E-state index in [0.717, 1.165) is 6.20 Å². The topological polar surface area (TPSA) is 54.7 Å². The molecule has 84 valence electrons. The van der Waals surface area contributed by atoms with Crippen LogP contribution in [0.5, 0.6) is 0 Å². The standard InChI is InChI=1S/C9H5F4N3/c10-4-1-3(5-2-15-9(14)16-5)6(11)8(13)7(4)12/h1-2H,(H3,14,15,16). The van der Waals surface area contributed by atoms with Gasteiger partial charge in [0, 0.05) is 5.56 Å². The number of nitrogens with two attached hydrogens (primary N) is 1. The van der Waals surface area contributed by atoms with Crippen LogP contribution in [-0.2, 0) is 0 Å². The van der Waals surface area contributed by atoms with Gasteiger partial charge in [0.25, 0.3) is 0 Å². The Hall–Kier alpha value is -2.05. The highest BCUT2D eigenvalue weighted by molar-refractivity contribution is 5.61. The predicted octanol–water partition coefficient (Wildman–Crippen LogP) is 2.22. The number of rotatable bonds is 1. The van der Waals surface area contributed by atoms with Gasteiger partial charge in [0.2, 0.25) is 0 Å². The monoisotopic (exact) mass is 231 g/mol. The van der Waals surface area contributed by atoms with Crippen molar-refractivity contribution in [3.8, 4) is 11.3 Å². The number of benzene rings is 1. The van der Waals surface area contributed by atoms with Gasteiger partial charge < -0.3 is 10.7 Å². The normalized spacial score (nSPS) is 10.8. The summed E-state index contributed by atoms with van der Waals surface area (Å²) in [5.41, 5.74) is 4.72. The van der Waals surface area contributed by atoms with Crippen molar-refractivity contribution in [2.75, 3.05) is 5.73 Å². The summed E-state index contributed by atoms with van der Waals surface area (Å²) in [6, 6.07) is 0.528. The number of aromatic nitrogens is 2. The molecule has 2 aromatic rings. The molecule has 0 aliphatic carbocycles. The molecule has 1 aromatic heterocycles. The van der Waals surface area contributed by atoms with E-state index in [-0.39, 0.29) is 11.6 Å². The van der Waals surface area contributed by atoms with Crippen LogP contribution in [0.1, 0.15) is 0 Å². The van der Waals surface area contributed by atoms with Gasteiger partial charge in [-0.15, -0.1) is 0 Å². The highest BCUT2D eigenvalue weighted by atomic mass is 19.2. The molecule has 3 nitrogen and oxygen atoms in total. The summed E-state index contributed by atoms with van der Waals surface area (Å²) in [5, 5.41) is 0. The zero-order valence-electron chi connectivity index (χ0n) is 7.69. The molecule has 0 aliphatic rings. The molecule has 0 radical (unpaired) electrons. The van der Waals surface area contributed by atoms with Crippen molar-refractivity contribution in [3.63, 3.8) is 0 Å². The number of imidazole rings is 1. The maximum atomic E-state index is 13.3. The Morgan fingerprint density at radius 1 is 1.06 bits per heavy atom. The molecule has 7 heteroatoms. The van der Waals surface area contributed by atoms with E-state index in [0.29, 0.717) is 6.07 Å². The molecule has 0 fully saturated rings. The minimum Gasteiger partial charge on any atom is -0.369 e. The van der Waals surface area contributed by atoms with Crippen molar-refractivity contribution >= 4 is 5.95 Å². The van der Waals surface area contributed by atoms with Crippen LogP contribution < -0.4 is 5.73 Å². The summed E-state index contributed by atoms with van der Waals surface area (Å²) in [4.78, 5) is 5.91. The highest BCUT2D eigenvalue weighted by Crippen LogP contribution is 2.26. The van der Waals surface area contributed by atoms with Crippen LogP contribution in [-0.4, -0.2) is 9.97 Å². The molecule has 1 aromatic carbocycles. The summed E-state index contributed by atoms with van der Waals surface area (Å²) in [7, 11) is 0. The Kier molecular flexibility index (Phi) is 2.30. The molecule has 0 saturated heterocycles. The van der Waals surface area contributed by atoms with E-state index in [2.05, 4.69) is 9.97 Å². The number of halogens is 4. The third-order valence-corrected chi connectivity index (χ3v) is 1.99. The molecule has 16 heavy (non-hydrogen) atoms. The second kappa shape index (κ2) is 3.51. The average Bonchev–Trinajstić information content (AvgIpc) is 2.67. The first-order valence-electron chi connectivity index (χ1n) is 4.14. The lowest BCUT2D eigenvalue weighted by molar-refractivity contribution is 0.410. The van der Waals surface area contributed by atoms with Crippen LogP contribution in [0.3, 0.4) is 0 Å². The maximum Gasteiger partial charge on any atom is 0.198 e. The lowest BCUT2D eigenvalue weighted by atomic mass is 10.1. The minimum atomic E-state index is -1.87. The number of nitrogens with zero attached hydrogens (tertiary/aromatic N) is 1. The van der Waals surface area contributed by atoms with Crippen molar-refractivity contribution in [2.45, 2.75) is 0 Å². The number of anilines is 1. The highest BCUT2D eigenvalue weighted by Gasteiger charge is 2.20. The molecule has 3 N–H and O–H groups in total. The summed E-state index contributed by atoms with van der Waals surface area (Å²) in [5.74, 6) is -6.75. The van der Waals surface area contributed by atoms with E-state index < -0.39 is 28.8 Å². The van der Waals surface area contributed by atoms with Crippen LogP contribution in [0.4, 0.5) is 23.5 Å². The van der Waals surface area contributed by atoms with Crippen molar-refractivity contribution in [1.82, 2.24) is 9.97 Å². The molecular formula is C9H5F4N3. The smallest absolute Gasteiger partial charge is 0.198 e. The van der Waals surface area contributed by atoms with Crippen molar-refractivity contribution in [2.24, 2.45) is 0 Å². The summed E-state index contributed by atoms with van der Waals surface area (Å²) in [6.07, 6.45) is 1.09. The van der Waals surface area contributed by atoms with Crippen molar-refractivity contribution in [3.05, 3.63) is 35.5 Å². The van der Waals surface area contributed by atoms with Gasteiger partial charge >= 0.3 is 0 Å². The Morgan fingerprint density at radius 2 is 1.75 bits per heavy atom. The predicted molar refractivity (Wildman–Crippen MR) is 48.3 cm³/mol. The molecule has 0 atom stereocenters. The fourth-order valence-electron chi connectivity index (χ4n) is 1.24. The summed E-state index contributed by atoms with van der Waals surface area (Å²) < 4.78 is 51.7. The van der Waals surface area contributed by atoms with E-state index in [1.807, 2.05) is 0 Å². The van der Waals surface area contributed by atoms with Crippen LogP contribution in [0.2, 0.25) is 0 Å². The molecule has 0 spiro atoms. The largest absolute Gasteiger partial charge is 0.369 e. The van der Waals surface area contributed by atoms with Crippen LogP contribution in [0, 0.1) is 23.3 Å². The van der Waals surface area contributed by atoms with E-state index in [4.69, 9.17) is 5.73 Å². The fourth-order valence-corrected chi connectivity index (χ4v) is 1.24. The minimum absolute atomic E-state index is 0.0344. The zero-order chi connectivity index (χ0) is 11.9. The number of aromatic amines is 1. The first-order valence-corrected chi connectivity index (χ1v) is 4.14. The number of nitrogen functional groups attached to an aromatic ring is 1. The molecule has 0 unspecified atom stereocenters. The van der Waals surface area contributed by atoms with Gasteiger partial charge in [0.1, 0.15) is 0 Å². The van der Waals surface area contributed by atoms with Crippen LogP contribution in [0.25, 0.3) is 11.3 Å². The second-order valence-corrected chi connectivity index (χ2v) is 3.03. The lowest BCUT2D eigenvalue weighted by Crippen LogP contribution is -1.98. The zero-order valence-corrected chi connectivity index (χ0v) is 7.69. The van der Waals surface area contributed by atoms with Crippen molar-refractivity contribution in [1.29, 1.82) is 0 Å². The third kappa shape index (κ3) is 1.50. The number of nitrogens with one attached hydrogen (secondary N) is 1. The SMILES string of the molecule is Nc1ncc(-c2cc(F)c(F)c(F)c2F)[nH]1. The fraction of sp³-hybridized carbons (Fsp3) is 0. The Balaban J connectivity index is 2.66. The molecule has 2 rings (SSSR count). The van der Waals surface area contributed by atoms with Gasteiger partial charge in [-0.2, -0.15) is 0 Å². The number of hydrogen-bond acceptors (Lipinski definition) is 2. The van der Waals surface area contributed by atoms with E-state index in [1.165, 1.54) is 0 Å². The lowest BCUT2D eigenvalue weighted by Gasteiger charge is -2.03. The first-order chi connectivity index (χ1) is 7.50. The van der Waals surface area contributed by atoms with E-state index in [9.17, 15) is 17.6 Å². The maximum absolute atomic E-state index is 13.3. The number of hydrogen-bond donors (Lipinski definition) is 2. The molecule has 0 bridgehead atoms. The van der Waals surface area contributed by atoms with Crippen LogP contribution in [0.15, 0.2) is 12.3 Å². The molecule has 0 amide bonds. The second-order valence-electron chi connectivity index (χ2n) is 3.03. The Morgan fingerprint density at radius 3 is 2.31 bits per heavy atom. The van der Waals surface area contributed by atoms with E-state index >= 15 is 0 Å². The van der Waals surface area contributed by atoms with Crippen LogP contribution >= 0.6 is 0 Å². The third-order valence-electron chi connectivity index (χ3n) is 1.99. The first kappa shape index (κ1) is 10.5. The molecule has 1 heterocycles. The van der Waals surface area contributed by atoms with E-state index in [1.54, 1.807) is 0 Å². The quantitative estimate of drug-likeness (QED) is 0.449. The summed E-state index contributed by atoms with van der Waals surface area (Å²) >= 11 is 0. The van der Waals surface area contributed by atoms with Gasteiger partial charge in [0.05, 0.1) is 11.9 Å². The van der Waals surface area contributed by atoms with Gasteiger partial charge in [0.15, 0.2) is 29.2 Å². The summed E-state index contributed by atoms with van der Waals surface area (Å²) in [6.45, 7) is 0. The average molecular weight is 231 g/mol. The number of H-pyrrole nitrogens is 1. The van der Waals surface area contributed by atoms with Gasteiger partial charge in [-0.05, 0) is 6.07 Å². The molecule has 0 aliphatic heterocycles. The van der Waals surface area contributed by atoms with Gasteiger partial charge in [-0.25, -0.2) is 22.5 Å². The van der Waals surface area contributed by atoms with Gasteiger partial charge in [-0.3, -0.25) is 0 Å². The van der Waals surface area contributed by atoms with Crippen molar-refractivity contribution < 1.29 is 17.6 Å². The van der Waals surface area contributed by atoms with Gasteiger partial charge in [-0.1, -0.05) is 0 Å².